The van der Waals surface area contributed by atoms with Crippen molar-refractivity contribution >= 4 is 21.7 Å². The van der Waals surface area contributed by atoms with Crippen molar-refractivity contribution in [2.45, 2.75) is 26.3 Å². The van der Waals surface area contributed by atoms with E-state index in [1.54, 1.807) is 7.11 Å². The quantitative estimate of drug-likeness (QED) is 0.400. The van der Waals surface area contributed by atoms with E-state index in [0.717, 1.165) is 15.8 Å². The molecule has 0 aliphatic heterocycles. The first-order valence-electron chi connectivity index (χ1n) is 9.60. The topological polar surface area (TPSA) is 65.5 Å². The second-order valence-corrected chi connectivity index (χ2v) is 7.48. The number of aromatic nitrogens is 2. The maximum atomic E-state index is 12.7. The van der Waals surface area contributed by atoms with Crippen LogP contribution in [0.5, 0.6) is 17.2 Å². The van der Waals surface area contributed by atoms with Gasteiger partial charge in [-0.15, -0.1) is 13.2 Å². The molecule has 0 aliphatic rings. The largest absolute Gasteiger partial charge is 0.573 e. The number of benzene rings is 2. The third kappa shape index (κ3) is 5.82. The van der Waals surface area contributed by atoms with Crippen LogP contribution in [-0.2, 0) is 13.0 Å². The van der Waals surface area contributed by atoms with E-state index in [0.29, 0.717) is 41.5 Å². The number of nitrogens with zero attached hydrogens (tertiary/aromatic N) is 2. The fourth-order valence-corrected chi connectivity index (χ4v) is 3.54. The van der Waals surface area contributed by atoms with Crippen LogP contribution in [0.3, 0.4) is 0 Å². The average Bonchev–Trinajstić information content (AvgIpc) is 2.76. The lowest BCUT2D eigenvalue weighted by atomic mass is 10.1. The molecule has 32 heavy (non-hydrogen) atoms. The molecule has 2 aromatic carbocycles. The van der Waals surface area contributed by atoms with Crippen LogP contribution in [-0.4, -0.2) is 30.5 Å². The van der Waals surface area contributed by atoms with Gasteiger partial charge in [-0.2, -0.15) is 0 Å². The third-order valence-corrected chi connectivity index (χ3v) is 5.30. The lowest BCUT2D eigenvalue weighted by Crippen LogP contribution is -2.17. The number of anilines is 1. The van der Waals surface area contributed by atoms with E-state index >= 15 is 0 Å². The molecule has 0 atom stereocenters. The maximum absolute atomic E-state index is 12.7. The van der Waals surface area contributed by atoms with Gasteiger partial charge >= 0.3 is 6.36 Å². The fourth-order valence-electron chi connectivity index (χ4n) is 3.04. The molecule has 0 aliphatic carbocycles. The number of rotatable bonds is 8. The van der Waals surface area contributed by atoms with Crippen molar-refractivity contribution in [2.75, 3.05) is 19.5 Å². The summed E-state index contributed by atoms with van der Waals surface area (Å²) in [4.78, 5) is 9.05. The second-order valence-electron chi connectivity index (χ2n) is 6.62. The molecular weight excluding hydrogens is 491 g/mol. The van der Waals surface area contributed by atoms with Crippen LogP contribution in [0.1, 0.15) is 18.2 Å². The van der Waals surface area contributed by atoms with Gasteiger partial charge in [0.2, 0.25) is 0 Å². The van der Waals surface area contributed by atoms with Gasteiger partial charge in [-0.1, -0.05) is 28.9 Å². The predicted molar refractivity (Wildman–Crippen MR) is 118 cm³/mol. The van der Waals surface area contributed by atoms with Crippen LogP contribution in [0.4, 0.5) is 19.0 Å². The van der Waals surface area contributed by atoms with E-state index in [1.807, 2.05) is 25.1 Å². The van der Waals surface area contributed by atoms with Crippen molar-refractivity contribution in [3.8, 4) is 28.5 Å². The normalized spacial score (nSPS) is 11.2. The van der Waals surface area contributed by atoms with Crippen molar-refractivity contribution < 1.29 is 27.4 Å². The first kappa shape index (κ1) is 23.6. The highest BCUT2D eigenvalue weighted by Gasteiger charge is 2.31. The van der Waals surface area contributed by atoms with Crippen LogP contribution < -0.4 is 19.5 Å². The van der Waals surface area contributed by atoms with E-state index in [1.165, 1.54) is 31.5 Å². The minimum Gasteiger partial charge on any atom is -0.497 e. The second kappa shape index (κ2) is 10.1. The molecule has 0 saturated heterocycles. The van der Waals surface area contributed by atoms with Gasteiger partial charge < -0.3 is 19.5 Å². The zero-order valence-electron chi connectivity index (χ0n) is 17.6. The molecule has 0 saturated carbocycles. The molecule has 0 spiro atoms. The van der Waals surface area contributed by atoms with Gasteiger partial charge in [0.15, 0.2) is 0 Å². The molecular formula is C22H21BrF3N3O3. The summed E-state index contributed by atoms with van der Waals surface area (Å²) in [5, 5.41) is 3.21. The van der Waals surface area contributed by atoms with Gasteiger partial charge in [-0.25, -0.2) is 4.98 Å². The minimum atomic E-state index is -4.80. The Morgan fingerprint density at radius 2 is 1.78 bits per heavy atom. The summed E-state index contributed by atoms with van der Waals surface area (Å²) in [6.07, 6.45) is -2.76. The van der Waals surface area contributed by atoms with E-state index in [2.05, 4.69) is 36.0 Å². The Morgan fingerprint density at radius 3 is 2.41 bits per heavy atom. The summed E-state index contributed by atoms with van der Waals surface area (Å²) in [7, 11) is 3.04. The first-order chi connectivity index (χ1) is 15.2. The van der Waals surface area contributed by atoms with E-state index in [-0.39, 0.29) is 5.75 Å². The average molecular weight is 512 g/mol. The Balaban J connectivity index is 1.87. The monoisotopic (exact) mass is 511 g/mol. The van der Waals surface area contributed by atoms with Crippen molar-refractivity contribution in [1.29, 1.82) is 0 Å². The van der Waals surface area contributed by atoms with Crippen molar-refractivity contribution in [2.24, 2.45) is 0 Å². The summed E-state index contributed by atoms with van der Waals surface area (Å²) in [6, 6.07) is 9.50. The zero-order valence-corrected chi connectivity index (χ0v) is 19.2. The Morgan fingerprint density at radius 1 is 1.03 bits per heavy atom. The minimum absolute atomic E-state index is 0.358. The number of methoxy groups -OCH3 is 2. The van der Waals surface area contributed by atoms with Gasteiger partial charge in [-0.05, 0) is 42.3 Å². The molecule has 0 amide bonds. The number of hydrogen-bond donors (Lipinski definition) is 1. The molecule has 3 aromatic rings. The first-order valence-corrected chi connectivity index (χ1v) is 10.4. The fraction of sp³-hybridized carbons (Fsp3) is 0.273. The highest BCUT2D eigenvalue weighted by atomic mass is 79.9. The van der Waals surface area contributed by atoms with E-state index < -0.39 is 6.36 Å². The standard InChI is InChI=1S/C22H21BrF3N3O3/c1-4-18-21(16-9-15(32-22(24,25)26)7-8-19(16)31-3)28-12-20(29-18)27-11-13-5-6-14(30-2)10-17(13)23/h5-10,12H,4,11H2,1-3H3,(H,27,29). The third-order valence-electron chi connectivity index (χ3n) is 4.56. The van der Waals surface area contributed by atoms with Crippen molar-refractivity contribution in [3.05, 3.63) is 58.3 Å². The Hall–Kier alpha value is -3.01. The molecule has 1 N–H and O–H groups in total. The molecule has 1 aromatic heterocycles. The molecule has 10 heteroatoms. The number of alkyl halides is 3. The highest BCUT2D eigenvalue weighted by molar-refractivity contribution is 9.10. The predicted octanol–water partition coefficient (Wildman–Crippen LogP) is 6.00. The smallest absolute Gasteiger partial charge is 0.497 e. The van der Waals surface area contributed by atoms with Crippen LogP contribution >= 0.6 is 15.9 Å². The summed E-state index contributed by atoms with van der Waals surface area (Å²) in [6.45, 7) is 2.37. The number of nitrogens with one attached hydrogen (secondary N) is 1. The lowest BCUT2D eigenvalue weighted by Gasteiger charge is -2.15. The van der Waals surface area contributed by atoms with Crippen molar-refractivity contribution in [1.82, 2.24) is 9.97 Å². The van der Waals surface area contributed by atoms with Gasteiger partial charge in [0.05, 0.1) is 31.8 Å². The summed E-state index contributed by atoms with van der Waals surface area (Å²) >= 11 is 3.51. The molecule has 6 nitrogen and oxygen atoms in total. The lowest BCUT2D eigenvalue weighted by molar-refractivity contribution is -0.274. The van der Waals surface area contributed by atoms with Crippen molar-refractivity contribution in [3.63, 3.8) is 0 Å². The number of hydrogen-bond acceptors (Lipinski definition) is 6. The van der Waals surface area contributed by atoms with E-state index in [4.69, 9.17) is 9.47 Å². The molecule has 3 rings (SSSR count). The Labute approximate surface area is 191 Å². The SMILES string of the molecule is CCc1nc(NCc2ccc(OC)cc2Br)cnc1-c1cc(OC(F)(F)F)ccc1OC. The maximum Gasteiger partial charge on any atom is 0.573 e. The summed E-state index contributed by atoms with van der Waals surface area (Å²) in [5.74, 6) is 1.29. The summed E-state index contributed by atoms with van der Waals surface area (Å²) in [5.41, 5.74) is 2.39. The number of aryl methyl sites for hydroxylation is 1. The van der Waals surface area contributed by atoms with Gasteiger partial charge in [0.1, 0.15) is 23.1 Å². The van der Waals surface area contributed by atoms with Crippen LogP contribution in [0.2, 0.25) is 0 Å². The Kier molecular flexibility index (Phi) is 7.44. The highest BCUT2D eigenvalue weighted by Crippen LogP contribution is 2.36. The van der Waals surface area contributed by atoms with Gasteiger partial charge in [0.25, 0.3) is 0 Å². The van der Waals surface area contributed by atoms with Crippen LogP contribution in [0.25, 0.3) is 11.3 Å². The molecule has 0 unspecified atom stereocenters. The van der Waals surface area contributed by atoms with Crippen LogP contribution in [0.15, 0.2) is 47.1 Å². The molecule has 0 radical (unpaired) electrons. The van der Waals surface area contributed by atoms with Gasteiger partial charge in [0, 0.05) is 16.6 Å². The number of ether oxygens (including phenoxy) is 3. The molecule has 0 fully saturated rings. The molecule has 0 bridgehead atoms. The zero-order chi connectivity index (χ0) is 23.3. The Bertz CT molecular complexity index is 1090. The van der Waals surface area contributed by atoms with Crippen LogP contribution in [0, 0.1) is 0 Å². The number of halogens is 4. The van der Waals surface area contributed by atoms with Gasteiger partial charge in [-0.3, -0.25) is 4.98 Å². The molecule has 170 valence electrons. The van der Waals surface area contributed by atoms with E-state index in [9.17, 15) is 13.2 Å². The summed E-state index contributed by atoms with van der Waals surface area (Å²) < 4.78 is 53.4. The molecule has 1 heterocycles.